The Morgan fingerprint density at radius 2 is 2.00 bits per heavy atom. The van der Waals surface area contributed by atoms with Gasteiger partial charge < -0.3 is 9.47 Å². The summed E-state index contributed by atoms with van der Waals surface area (Å²) in [5.74, 6) is -1.14. The Balaban J connectivity index is 2.79. The summed E-state index contributed by atoms with van der Waals surface area (Å²) < 4.78 is 10.3. The summed E-state index contributed by atoms with van der Waals surface area (Å²) in [5.41, 5.74) is 0.811. The zero-order valence-electron chi connectivity index (χ0n) is 10.8. The second-order valence-electron chi connectivity index (χ2n) is 4.12. The predicted molar refractivity (Wildman–Crippen MR) is 72.5 cm³/mol. The van der Waals surface area contributed by atoms with Gasteiger partial charge in [0.1, 0.15) is 0 Å². The van der Waals surface area contributed by atoms with Gasteiger partial charge in [-0.25, -0.2) is 9.59 Å². The molecule has 0 heterocycles. The molecular weight excluding hydrogens is 268 g/mol. The molecule has 0 aliphatic heterocycles. The number of hydrogen-bond acceptors (Lipinski definition) is 4. The highest BCUT2D eigenvalue weighted by molar-refractivity contribution is 6.30. The minimum Gasteiger partial charge on any atom is -0.451 e. The average molecular weight is 283 g/mol. The van der Waals surface area contributed by atoms with Gasteiger partial charge in [0.15, 0.2) is 12.2 Å². The standard InChI is InChI=1S/C14H15ClO4/c1-4-12(16)19-14-10(15)6-5-7-11(14)18-13(17)8-9(2)3/h4-8,11,14H,1H2,2-3H3/t11-,14+/m0/s1. The van der Waals surface area contributed by atoms with Crippen molar-refractivity contribution in [2.45, 2.75) is 26.1 Å². The fourth-order valence-electron chi connectivity index (χ4n) is 1.41. The number of rotatable bonds is 4. The zero-order valence-corrected chi connectivity index (χ0v) is 11.5. The van der Waals surface area contributed by atoms with Crippen LogP contribution < -0.4 is 0 Å². The summed E-state index contributed by atoms with van der Waals surface area (Å²) >= 11 is 5.96. The molecular formula is C14H15ClO4. The van der Waals surface area contributed by atoms with Gasteiger partial charge in [0.05, 0.1) is 5.03 Å². The molecule has 0 aromatic carbocycles. The van der Waals surface area contributed by atoms with Crippen molar-refractivity contribution in [1.82, 2.24) is 0 Å². The number of esters is 2. The molecule has 0 spiro atoms. The fourth-order valence-corrected chi connectivity index (χ4v) is 1.65. The van der Waals surface area contributed by atoms with Crippen LogP contribution in [0, 0.1) is 0 Å². The average Bonchev–Trinajstić information content (AvgIpc) is 2.32. The van der Waals surface area contributed by atoms with Gasteiger partial charge in [-0.1, -0.05) is 29.8 Å². The van der Waals surface area contributed by atoms with Crippen molar-refractivity contribution in [2.24, 2.45) is 0 Å². The molecule has 0 N–H and O–H groups in total. The number of ether oxygens (including phenoxy) is 2. The molecule has 1 rings (SSSR count). The monoisotopic (exact) mass is 282 g/mol. The van der Waals surface area contributed by atoms with E-state index in [-0.39, 0.29) is 5.03 Å². The molecule has 0 radical (unpaired) electrons. The van der Waals surface area contributed by atoms with Crippen molar-refractivity contribution in [3.05, 3.63) is 47.6 Å². The fraction of sp³-hybridized carbons (Fsp3) is 0.286. The van der Waals surface area contributed by atoms with Crippen LogP contribution in [-0.2, 0) is 19.1 Å². The molecule has 0 aromatic rings. The minimum atomic E-state index is -0.841. The lowest BCUT2D eigenvalue weighted by atomic mass is 10.1. The molecule has 2 atom stereocenters. The van der Waals surface area contributed by atoms with Crippen molar-refractivity contribution < 1.29 is 19.1 Å². The zero-order chi connectivity index (χ0) is 14.4. The van der Waals surface area contributed by atoms with E-state index in [9.17, 15) is 9.59 Å². The van der Waals surface area contributed by atoms with Crippen LogP contribution in [0.3, 0.4) is 0 Å². The molecule has 19 heavy (non-hydrogen) atoms. The van der Waals surface area contributed by atoms with E-state index in [1.165, 1.54) is 6.08 Å². The van der Waals surface area contributed by atoms with Crippen molar-refractivity contribution >= 4 is 23.5 Å². The summed E-state index contributed by atoms with van der Waals surface area (Å²) in [5, 5.41) is 0.285. The van der Waals surface area contributed by atoms with E-state index in [1.807, 2.05) is 0 Å². The van der Waals surface area contributed by atoms with Gasteiger partial charge in [-0.3, -0.25) is 0 Å². The maximum atomic E-state index is 11.6. The first-order valence-electron chi connectivity index (χ1n) is 5.66. The van der Waals surface area contributed by atoms with Crippen LogP contribution in [0.15, 0.2) is 47.6 Å². The molecule has 0 bridgehead atoms. The summed E-state index contributed by atoms with van der Waals surface area (Å²) in [7, 11) is 0. The van der Waals surface area contributed by atoms with Gasteiger partial charge >= 0.3 is 11.9 Å². The summed E-state index contributed by atoms with van der Waals surface area (Å²) in [6.45, 7) is 6.86. The quantitative estimate of drug-likeness (QED) is 0.587. The second-order valence-corrected chi connectivity index (χ2v) is 4.56. The van der Waals surface area contributed by atoms with Gasteiger partial charge in [0.25, 0.3) is 0 Å². The van der Waals surface area contributed by atoms with E-state index in [0.29, 0.717) is 0 Å². The molecule has 0 aromatic heterocycles. The van der Waals surface area contributed by atoms with E-state index < -0.39 is 24.1 Å². The number of halogens is 1. The van der Waals surface area contributed by atoms with Gasteiger partial charge in [-0.05, 0) is 26.0 Å². The van der Waals surface area contributed by atoms with Crippen LogP contribution in [0.5, 0.6) is 0 Å². The molecule has 0 saturated heterocycles. The first-order valence-corrected chi connectivity index (χ1v) is 6.04. The molecule has 4 nitrogen and oxygen atoms in total. The number of hydrogen-bond donors (Lipinski definition) is 0. The van der Waals surface area contributed by atoms with Crippen molar-refractivity contribution in [2.75, 3.05) is 0 Å². The van der Waals surface area contributed by atoms with Crippen molar-refractivity contribution in [3.8, 4) is 0 Å². The molecule has 1 aliphatic carbocycles. The summed E-state index contributed by atoms with van der Waals surface area (Å²) in [6.07, 6.45) is 5.61. The van der Waals surface area contributed by atoms with Crippen LogP contribution in [0.25, 0.3) is 0 Å². The van der Waals surface area contributed by atoms with Gasteiger partial charge in [0, 0.05) is 12.2 Å². The molecule has 102 valence electrons. The molecule has 1 aliphatic rings. The first-order chi connectivity index (χ1) is 8.93. The lowest BCUT2D eigenvalue weighted by molar-refractivity contribution is -0.155. The van der Waals surface area contributed by atoms with Crippen LogP contribution in [0.4, 0.5) is 0 Å². The van der Waals surface area contributed by atoms with Crippen LogP contribution in [0.1, 0.15) is 13.8 Å². The molecule has 0 amide bonds. The Kier molecular flexibility index (Phi) is 5.57. The van der Waals surface area contributed by atoms with Crippen LogP contribution in [-0.4, -0.2) is 24.1 Å². The topological polar surface area (TPSA) is 52.6 Å². The number of carbonyl (C=O) groups excluding carboxylic acids is 2. The normalized spacial score (nSPS) is 21.1. The van der Waals surface area contributed by atoms with Gasteiger partial charge in [-0.2, -0.15) is 0 Å². The number of carbonyl (C=O) groups is 2. The third kappa shape index (κ3) is 4.75. The lowest BCUT2D eigenvalue weighted by Crippen LogP contribution is -2.35. The Morgan fingerprint density at radius 1 is 1.32 bits per heavy atom. The third-order valence-corrected chi connectivity index (χ3v) is 2.54. The predicted octanol–water partition coefficient (Wildman–Crippen LogP) is 2.65. The van der Waals surface area contributed by atoms with Crippen molar-refractivity contribution in [1.29, 1.82) is 0 Å². The highest BCUT2D eigenvalue weighted by Gasteiger charge is 2.30. The maximum Gasteiger partial charge on any atom is 0.331 e. The third-order valence-electron chi connectivity index (χ3n) is 2.19. The summed E-state index contributed by atoms with van der Waals surface area (Å²) in [4.78, 5) is 22.8. The smallest absolute Gasteiger partial charge is 0.331 e. The largest absolute Gasteiger partial charge is 0.451 e. The molecule has 5 heteroatoms. The van der Waals surface area contributed by atoms with Crippen molar-refractivity contribution in [3.63, 3.8) is 0 Å². The maximum absolute atomic E-state index is 11.6. The Hall–Kier alpha value is -1.81. The minimum absolute atomic E-state index is 0.285. The molecule has 0 unspecified atom stereocenters. The van der Waals surface area contributed by atoms with E-state index in [2.05, 4.69) is 6.58 Å². The van der Waals surface area contributed by atoms with E-state index >= 15 is 0 Å². The number of allylic oxidation sites excluding steroid dienone is 3. The van der Waals surface area contributed by atoms with Gasteiger partial charge in [-0.15, -0.1) is 0 Å². The Morgan fingerprint density at radius 3 is 2.58 bits per heavy atom. The van der Waals surface area contributed by atoms with E-state index in [1.54, 1.807) is 32.1 Å². The summed E-state index contributed by atoms with van der Waals surface area (Å²) in [6, 6.07) is 0. The van der Waals surface area contributed by atoms with Gasteiger partial charge in [0.2, 0.25) is 0 Å². The molecule has 0 fully saturated rings. The van der Waals surface area contributed by atoms with E-state index in [4.69, 9.17) is 21.1 Å². The van der Waals surface area contributed by atoms with Crippen LogP contribution in [0.2, 0.25) is 0 Å². The SMILES string of the molecule is C=CC(=O)O[C@@H]1C(Cl)=CC=C[C@@H]1OC(=O)C=C(C)C. The first kappa shape index (κ1) is 15.2. The Labute approximate surface area is 117 Å². The van der Waals surface area contributed by atoms with Crippen LogP contribution >= 0.6 is 11.6 Å². The highest BCUT2D eigenvalue weighted by atomic mass is 35.5. The molecule has 0 saturated carbocycles. The van der Waals surface area contributed by atoms with E-state index in [0.717, 1.165) is 11.6 Å². The Bertz CT molecular complexity index is 470. The highest BCUT2D eigenvalue weighted by Crippen LogP contribution is 2.23. The lowest BCUT2D eigenvalue weighted by Gasteiger charge is -2.25. The second kappa shape index (κ2) is 6.95.